The molecule has 0 bridgehead atoms. The third-order valence-electron chi connectivity index (χ3n) is 0.596. The molecular weight excluding hydrogens is 124 g/mol. The van der Waals surface area contributed by atoms with Crippen molar-refractivity contribution in [1.29, 1.82) is 5.41 Å². The molecule has 0 saturated heterocycles. The first-order chi connectivity index (χ1) is 4.22. The molecule has 9 heavy (non-hydrogen) atoms. The Bertz CT molecular complexity index is 123. The first-order valence-electron chi connectivity index (χ1n) is 2.38. The largest absolute Gasteiger partial charge is 0.474 e. The molecular formula is C4H8N2O3. The highest BCUT2D eigenvalue weighted by Crippen LogP contribution is 1.76. The van der Waals surface area contributed by atoms with Crippen LogP contribution in [-0.2, 0) is 9.53 Å². The first-order valence-corrected chi connectivity index (χ1v) is 2.38. The summed E-state index contributed by atoms with van der Waals surface area (Å²) in [6.07, 6.45) is 0. The fourth-order valence-electron chi connectivity index (χ4n) is 0.261. The second kappa shape index (κ2) is 3.85. The molecule has 0 aromatic carbocycles. The Labute approximate surface area is 52.1 Å². The van der Waals surface area contributed by atoms with Gasteiger partial charge in [0.15, 0.2) is 0 Å². The molecule has 1 amide bonds. The monoisotopic (exact) mass is 132 g/mol. The van der Waals surface area contributed by atoms with Crippen LogP contribution in [0.4, 0.5) is 0 Å². The van der Waals surface area contributed by atoms with E-state index in [9.17, 15) is 4.79 Å². The molecule has 0 unspecified atom stereocenters. The van der Waals surface area contributed by atoms with Gasteiger partial charge in [-0.25, -0.2) is 5.48 Å². The third kappa shape index (κ3) is 2.65. The van der Waals surface area contributed by atoms with E-state index >= 15 is 0 Å². The van der Waals surface area contributed by atoms with E-state index in [-0.39, 0.29) is 6.61 Å². The van der Waals surface area contributed by atoms with Gasteiger partial charge in [0.05, 0.1) is 6.61 Å². The lowest BCUT2D eigenvalue weighted by Crippen LogP contribution is -2.29. The van der Waals surface area contributed by atoms with E-state index in [0.29, 0.717) is 0 Å². The molecule has 0 heterocycles. The lowest BCUT2D eigenvalue weighted by atomic mass is 10.6. The second-order valence-electron chi connectivity index (χ2n) is 1.20. The Balaban J connectivity index is 3.60. The summed E-state index contributed by atoms with van der Waals surface area (Å²) in [5, 5.41) is 14.6. The molecule has 52 valence electrons. The van der Waals surface area contributed by atoms with Crippen LogP contribution in [0.15, 0.2) is 0 Å². The Morgan fingerprint density at radius 1 is 1.89 bits per heavy atom. The van der Waals surface area contributed by atoms with E-state index in [2.05, 4.69) is 4.74 Å². The zero-order valence-electron chi connectivity index (χ0n) is 4.97. The number of hydrogen-bond donors (Lipinski definition) is 3. The van der Waals surface area contributed by atoms with Gasteiger partial charge in [0.2, 0.25) is 0 Å². The number of amides is 1. The standard InChI is InChI=1S/C4H8N2O3/c1-2-9-3(5)4(7)6-8/h5,8H,2H2,1H3,(H,6,7). The maximum atomic E-state index is 10.2. The molecule has 0 spiro atoms. The average Bonchev–Trinajstić information content (AvgIpc) is 1.87. The normalized spacial score (nSPS) is 8.22. The smallest absolute Gasteiger partial charge is 0.329 e. The van der Waals surface area contributed by atoms with Crippen molar-refractivity contribution in [3.8, 4) is 0 Å². The Hall–Kier alpha value is -1.10. The topological polar surface area (TPSA) is 82.4 Å². The molecule has 0 aromatic heterocycles. The van der Waals surface area contributed by atoms with Crippen molar-refractivity contribution in [1.82, 2.24) is 5.48 Å². The molecule has 0 aliphatic heterocycles. The summed E-state index contributed by atoms with van der Waals surface area (Å²) >= 11 is 0. The Morgan fingerprint density at radius 2 is 2.44 bits per heavy atom. The van der Waals surface area contributed by atoms with E-state index in [1.165, 1.54) is 5.48 Å². The van der Waals surface area contributed by atoms with Crippen molar-refractivity contribution >= 4 is 11.8 Å². The number of ether oxygens (including phenoxy) is 1. The minimum Gasteiger partial charge on any atom is -0.474 e. The molecule has 0 atom stereocenters. The summed E-state index contributed by atoms with van der Waals surface area (Å²) in [6.45, 7) is 1.88. The molecule has 0 aliphatic carbocycles. The first kappa shape index (κ1) is 7.90. The number of carbonyl (C=O) groups is 1. The van der Waals surface area contributed by atoms with Crippen LogP contribution in [-0.4, -0.2) is 23.6 Å². The lowest BCUT2D eigenvalue weighted by Gasteiger charge is -1.99. The zero-order valence-corrected chi connectivity index (χ0v) is 4.97. The second-order valence-corrected chi connectivity index (χ2v) is 1.20. The average molecular weight is 132 g/mol. The zero-order chi connectivity index (χ0) is 7.28. The van der Waals surface area contributed by atoms with Crippen molar-refractivity contribution in [2.75, 3.05) is 6.61 Å². The van der Waals surface area contributed by atoms with E-state index in [1.54, 1.807) is 6.92 Å². The summed E-state index contributed by atoms with van der Waals surface area (Å²) in [4.78, 5) is 10.2. The van der Waals surface area contributed by atoms with Gasteiger partial charge in [0.1, 0.15) is 0 Å². The maximum absolute atomic E-state index is 10.2. The van der Waals surface area contributed by atoms with Crippen LogP contribution in [0.3, 0.4) is 0 Å². The fourth-order valence-corrected chi connectivity index (χ4v) is 0.261. The molecule has 5 heteroatoms. The minimum absolute atomic E-state index is 0.242. The Morgan fingerprint density at radius 3 is 2.78 bits per heavy atom. The molecule has 5 nitrogen and oxygen atoms in total. The summed E-state index contributed by atoms with van der Waals surface area (Å²) in [5.41, 5.74) is 1.26. The van der Waals surface area contributed by atoms with Crippen molar-refractivity contribution in [3.63, 3.8) is 0 Å². The van der Waals surface area contributed by atoms with Gasteiger partial charge in [0, 0.05) is 0 Å². The molecule has 0 radical (unpaired) electrons. The van der Waals surface area contributed by atoms with Crippen LogP contribution in [0.1, 0.15) is 6.92 Å². The lowest BCUT2D eigenvalue weighted by molar-refractivity contribution is -0.123. The van der Waals surface area contributed by atoms with Gasteiger partial charge in [-0.15, -0.1) is 0 Å². The number of carbonyl (C=O) groups excluding carboxylic acids is 1. The predicted molar refractivity (Wildman–Crippen MR) is 29.3 cm³/mol. The van der Waals surface area contributed by atoms with Crippen LogP contribution in [0.5, 0.6) is 0 Å². The van der Waals surface area contributed by atoms with Crippen LogP contribution < -0.4 is 5.48 Å². The van der Waals surface area contributed by atoms with Crippen LogP contribution >= 0.6 is 0 Å². The van der Waals surface area contributed by atoms with E-state index < -0.39 is 11.8 Å². The predicted octanol–water partition coefficient (Wildman–Crippen LogP) is -0.494. The number of rotatable bonds is 1. The highest BCUT2D eigenvalue weighted by atomic mass is 16.5. The summed E-state index contributed by atoms with van der Waals surface area (Å²) in [7, 11) is 0. The quantitative estimate of drug-likeness (QED) is 0.195. The fraction of sp³-hybridized carbons (Fsp3) is 0.500. The Kier molecular flexibility index (Phi) is 3.38. The number of hydroxylamine groups is 1. The molecule has 3 N–H and O–H groups in total. The van der Waals surface area contributed by atoms with E-state index in [0.717, 1.165) is 0 Å². The molecule has 0 rings (SSSR count). The van der Waals surface area contributed by atoms with Gasteiger partial charge in [-0.3, -0.25) is 15.4 Å². The van der Waals surface area contributed by atoms with Crippen LogP contribution in [0.2, 0.25) is 0 Å². The summed E-state index contributed by atoms with van der Waals surface area (Å²) < 4.78 is 4.41. The van der Waals surface area contributed by atoms with Gasteiger partial charge in [-0.05, 0) is 6.92 Å². The molecule has 0 fully saturated rings. The third-order valence-corrected chi connectivity index (χ3v) is 0.596. The highest BCUT2D eigenvalue weighted by molar-refractivity contribution is 6.33. The molecule has 0 aromatic rings. The van der Waals surface area contributed by atoms with Crippen molar-refractivity contribution < 1.29 is 14.7 Å². The van der Waals surface area contributed by atoms with Gasteiger partial charge in [-0.1, -0.05) is 0 Å². The number of hydrogen-bond acceptors (Lipinski definition) is 4. The van der Waals surface area contributed by atoms with Crippen molar-refractivity contribution in [2.45, 2.75) is 6.92 Å². The van der Waals surface area contributed by atoms with Crippen molar-refractivity contribution in [2.24, 2.45) is 0 Å². The summed E-state index contributed by atoms with van der Waals surface area (Å²) in [5.74, 6) is -1.52. The SMILES string of the molecule is CCOC(=N)C(=O)NO. The maximum Gasteiger partial charge on any atom is 0.329 e. The van der Waals surface area contributed by atoms with Gasteiger partial charge in [-0.2, -0.15) is 0 Å². The van der Waals surface area contributed by atoms with Crippen LogP contribution in [0, 0.1) is 5.41 Å². The van der Waals surface area contributed by atoms with E-state index in [1.807, 2.05) is 0 Å². The van der Waals surface area contributed by atoms with Gasteiger partial charge in [0.25, 0.3) is 5.90 Å². The highest BCUT2D eigenvalue weighted by Gasteiger charge is 2.06. The molecule has 0 aliphatic rings. The van der Waals surface area contributed by atoms with Gasteiger partial charge < -0.3 is 4.74 Å². The van der Waals surface area contributed by atoms with Gasteiger partial charge >= 0.3 is 5.91 Å². The number of nitrogens with one attached hydrogen (secondary N) is 2. The summed E-state index contributed by atoms with van der Waals surface area (Å²) in [6, 6.07) is 0. The van der Waals surface area contributed by atoms with Crippen molar-refractivity contribution in [3.05, 3.63) is 0 Å². The van der Waals surface area contributed by atoms with Crippen LogP contribution in [0.25, 0.3) is 0 Å². The minimum atomic E-state index is -0.933. The van der Waals surface area contributed by atoms with E-state index in [4.69, 9.17) is 10.6 Å². The molecule has 0 saturated carbocycles.